The van der Waals surface area contributed by atoms with Crippen molar-refractivity contribution in [3.8, 4) is 12.1 Å². The van der Waals surface area contributed by atoms with E-state index in [0.717, 1.165) is 5.57 Å². The summed E-state index contributed by atoms with van der Waals surface area (Å²) in [6.07, 6.45) is 1.24. The zero-order valence-corrected chi connectivity index (χ0v) is 19.7. The lowest BCUT2D eigenvalue weighted by molar-refractivity contribution is 0.127. The van der Waals surface area contributed by atoms with Crippen LogP contribution in [-0.2, 0) is 9.09 Å². The van der Waals surface area contributed by atoms with Crippen molar-refractivity contribution in [1.82, 2.24) is 5.32 Å². The zero-order valence-electron chi connectivity index (χ0n) is 18.8. The van der Waals surface area contributed by atoms with E-state index >= 15 is 0 Å². The molecule has 1 fully saturated rings. The maximum absolute atomic E-state index is 14.3. The van der Waals surface area contributed by atoms with E-state index in [2.05, 4.69) is 24.0 Å². The van der Waals surface area contributed by atoms with Crippen molar-refractivity contribution in [2.24, 2.45) is 23.7 Å². The third kappa shape index (κ3) is 4.70. The second-order valence-corrected chi connectivity index (χ2v) is 11.3. The minimum absolute atomic E-state index is 0.0502. The topological polar surface area (TPSA) is 85.9 Å². The van der Waals surface area contributed by atoms with Crippen LogP contribution in [0.25, 0.3) is 0 Å². The molecule has 1 N–H and O–H groups in total. The van der Waals surface area contributed by atoms with Crippen molar-refractivity contribution in [2.45, 2.75) is 58.8 Å². The second-order valence-electron chi connectivity index (χ2n) is 8.77. The lowest BCUT2D eigenvalue weighted by Gasteiger charge is -2.47. The van der Waals surface area contributed by atoms with Gasteiger partial charge in [-0.15, -0.1) is 0 Å². The summed E-state index contributed by atoms with van der Waals surface area (Å²) < 4.78 is 20.2. The van der Waals surface area contributed by atoms with E-state index in [1.165, 1.54) is 0 Å². The van der Waals surface area contributed by atoms with Crippen LogP contribution in [0.4, 0.5) is 0 Å². The SMILES string of the molecule is C=C(C)[C@@H]1C[C@@H](C#N)[C@@H](C)[C@](C#N)(N[C@H](C(C)C)P(=O)(OCC)c2ccccc2)C1. The Morgan fingerprint density at radius 2 is 2.00 bits per heavy atom. The summed E-state index contributed by atoms with van der Waals surface area (Å²) >= 11 is 0. The van der Waals surface area contributed by atoms with Crippen LogP contribution in [0.3, 0.4) is 0 Å². The van der Waals surface area contributed by atoms with Gasteiger partial charge < -0.3 is 4.52 Å². The van der Waals surface area contributed by atoms with Gasteiger partial charge in [0.25, 0.3) is 0 Å². The van der Waals surface area contributed by atoms with Crippen molar-refractivity contribution >= 4 is 12.7 Å². The highest BCUT2D eigenvalue weighted by molar-refractivity contribution is 7.67. The molecule has 2 rings (SSSR count). The largest absolute Gasteiger partial charge is 0.325 e. The van der Waals surface area contributed by atoms with E-state index in [1.54, 1.807) is 0 Å². The zero-order chi connectivity index (χ0) is 22.5. The standard InChI is InChI=1S/C24H34N3O2P/c1-7-29-30(28,22-11-9-8-10-12-22)23(18(4)5)27-24(16-26)14-20(17(2)3)13-21(15-25)19(24)6/h8-12,18-21,23,27H,2,7,13-14H2,1,3-6H3/t19-,20-,21+,23+,24+,30?/m1/s1. The monoisotopic (exact) mass is 427 g/mol. The van der Waals surface area contributed by atoms with Gasteiger partial charge in [0.15, 0.2) is 0 Å². The molecule has 162 valence electrons. The summed E-state index contributed by atoms with van der Waals surface area (Å²) in [5, 5.41) is 24.2. The minimum Gasteiger partial charge on any atom is -0.325 e. The number of benzene rings is 1. The molecule has 0 spiro atoms. The fourth-order valence-electron chi connectivity index (χ4n) is 4.47. The molecule has 1 saturated carbocycles. The first-order valence-electron chi connectivity index (χ1n) is 10.7. The van der Waals surface area contributed by atoms with Crippen molar-refractivity contribution in [3.05, 3.63) is 42.5 Å². The molecule has 0 heterocycles. The van der Waals surface area contributed by atoms with Gasteiger partial charge >= 0.3 is 0 Å². The molecule has 6 heteroatoms. The molecule has 1 aliphatic rings. The summed E-state index contributed by atoms with van der Waals surface area (Å²) in [7, 11) is -3.33. The first-order valence-corrected chi connectivity index (χ1v) is 12.4. The first kappa shape index (κ1) is 24.4. The Balaban J connectivity index is 2.56. The maximum atomic E-state index is 14.3. The molecular formula is C24H34N3O2P. The molecule has 30 heavy (non-hydrogen) atoms. The van der Waals surface area contributed by atoms with E-state index in [1.807, 2.05) is 65.0 Å². The second kappa shape index (κ2) is 9.93. The Hall–Kier alpha value is -1.91. The summed E-state index contributed by atoms with van der Waals surface area (Å²) in [5.41, 5.74) is -0.0145. The predicted molar refractivity (Wildman–Crippen MR) is 121 cm³/mol. The van der Waals surface area contributed by atoms with Crippen LogP contribution < -0.4 is 10.6 Å². The molecule has 1 aliphatic carbocycles. The molecule has 0 radical (unpaired) electrons. The molecule has 0 aromatic heterocycles. The van der Waals surface area contributed by atoms with Gasteiger partial charge in [-0.2, -0.15) is 10.5 Å². The van der Waals surface area contributed by atoms with Crippen LogP contribution >= 0.6 is 7.37 Å². The number of nitrogens with zero attached hydrogens (tertiary/aromatic N) is 2. The summed E-state index contributed by atoms with van der Waals surface area (Å²) in [6.45, 7) is 14.1. The lowest BCUT2D eigenvalue weighted by atomic mass is 9.63. The van der Waals surface area contributed by atoms with Crippen LogP contribution in [0.5, 0.6) is 0 Å². The molecule has 1 aromatic carbocycles. The molecule has 5 nitrogen and oxygen atoms in total. The summed E-state index contributed by atoms with van der Waals surface area (Å²) in [4.78, 5) is 0. The fourth-order valence-corrected chi connectivity index (χ4v) is 7.26. The molecule has 1 aromatic rings. The number of hydrogen-bond donors (Lipinski definition) is 1. The van der Waals surface area contributed by atoms with Crippen LogP contribution in [-0.4, -0.2) is 17.9 Å². The number of nitrogens with one attached hydrogen (secondary N) is 1. The molecule has 0 bridgehead atoms. The number of nitriles is 2. The average Bonchev–Trinajstić information content (AvgIpc) is 2.73. The highest BCUT2D eigenvalue weighted by Crippen LogP contribution is 2.54. The van der Waals surface area contributed by atoms with E-state index < -0.39 is 18.7 Å². The molecule has 0 saturated heterocycles. The Bertz CT molecular complexity index is 871. The van der Waals surface area contributed by atoms with Gasteiger partial charge in [-0.05, 0) is 50.7 Å². The van der Waals surface area contributed by atoms with Crippen LogP contribution in [0.15, 0.2) is 42.5 Å². The number of rotatable bonds is 8. The third-order valence-electron chi connectivity index (χ3n) is 6.39. The van der Waals surface area contributed by atoms with Crippen LogP contribution in [0, 0.1) is 46.3 Å². The average molecular weight is 428 g/mol. The van der Waals surface area contributed by atoms with Gasteiger partial charge in [-0.3, -0.25) is 9.88 Å². The highest BCUT2D eigenvalue weighted by Gasteiger charge is 2.51. The molecular weight excluding hydrogens is 393 g/mol. The van der Waals surface area contributed by atoms with E-state index in [9.17, 15) is 15.1 Å². The normalized spacial score (nSPS) is 29.4. The first-order chi connectivity index (χ1) is 14.1. The fraction of sp³-hybridized carbons (Fsp3) is 0.583. The molecule has 1 unspecified atom stereocenters. The van der Waals surface area contributed by atoms with Crippen LogP contribution in [0.2, 0.25) is 0 Å². The lowest BCUT2D eigenvalue weighted by Crippen LogP contribution is -2.60. The summed E-state index contributed by atoms with van der Waals surface area (Å²) in [5.74, 6) is -1.02. The molecule has 0 amide bonds. The Morgan fingerprint density at radius 1 is 1.37 bits per heavy atom. The van der Waals surface area contributed by atoms with Crippen molar-refractivity contribution in [2.75, 3.05) is 6.61 Å². The van der Waals surface area contributed by atoms with Gasteiger partial charge in [0.05, 0.1) is 30.4 Å². The number of hydrogen-bond acceptors (Lipinski definition) is 5. The maximum Gasteiger partial charge on any atom is 0.248 e. The third-order valence-corrected chi connectivity index (χ3v) is 9.51. The predicted octanol–water partition coefficient (Wildman–Crippen LogP) is 5.22. The summed E-state index contributed by atoms with van der Waals surface area (Å²) in [6, 6.07) is 14.1. The van der Waals surface area contributed by atoms with Gasteiger partial charge in [0.1, 0.15) is 5.54 Å². The van der Waals surface area contributed by atoms with Crippen molar-refractivity contribution in [3.63, 3.8) is 0 Å². The minimum atomic E-state index is -3.33. The van der Waals surface area contributed by atoms with Gasteiger partial charge in [0.2, 0.25) is 7.37 Å². The Kier molecular flexibility index (Phi) is 8.06. The van der Waals surface area contributed by atoms with Crippen molar-refractivity contribution < 1.29 is 9.09 Å². The van der Waals surface area contributed by atoms with Gasteiger partial charge in [0, 0.05) is 11.2 Å². The van der Waals surface area contributed by atoms with Gasteiger partial charge in [-0.25, -0.2) is 0 Å². The molecule has 0 aliphatic heterocycles. The Morgan fingerprint density at radius 3 is 2.47 bits per heavy atom. The van der Waals surface area contributed by atoms with E-state index in [4.69, 9.17) is 4.52 Å². The van der Waals surface area contributed by atoms with Crippen LogP contribution in [0.1, 0.15) is 47.5 Å². The van der Waals surface area contributed by atoms with Gasteiger partial charge in [-0.1, -0.05) is 51.1 Å². The van der Waals surface area contributed by atoms with Crippen molar-refractivity contribution in [1.29, 1.82) is 10.5 Å². The van der Waals surface area contributed by atoms with E-state index in [-0.39, 0.29) is 23.7 Å². The smallest absolute Gasteiger partial charge is 0.248 e. The Labute approximate surface area is 181 Å². The van der Waals surface area contributed by atoms with E-state index in [0.29, 0.717) is 24.8 Å². The number of allylic oxidation sites excluding steroid dienone is 1. The quantitative estimate of drug-likeness (QED) is 0.454. The molecule has 6 atom stereocenters. The highest BCUT2D eigenvalue weighted by atomic mass is 31.2.